The molecule has 12 nitrogen and oxygen atoms in total. The van der Waals surface area contributed by atoms with Crippen molar-refractivity contribution in [2.75, 3.05) is 19.8 Å². The van der Waals surface area contributed by atoms with Crippen LogP contribution < -0.4 is 27.4 Å². The number of carbonyl (C=O) groups excluding carboxylic acids is 4. The maximum absolute atomic E-state index is 13.0. The monoisotopic (exact) mass is 510 g/mol. The van der Waals surface area contributed by atoms with Crippen LogP contribution in [0.4, 0.5) is 9.18 Å². The van der Waals surface area contributed by atoms with Gasteiger partial charge in [-0.3, -0.25) is 19.4 Å². The molecule has 0 aliphatic carbocycles. The molecule has 0 saturated carbocycles. The van der Waals surface area contributed by atoms with Gasteiger partial charge in [0.15, 0.2) is 11.7 Å². The van der Waals surface area contributed by atoms with Crippen LogP contribution in [0.2, 0.25) is 0 Å². The number of nitrogens with one attached hydrogen (secondary N) is 3. The Kier molecular flexibility index (Phi) is 13.5. The van der Waals surface area contributed by atoms with E-state index in [1.807, 2.05) is 6.07 Å². The molecule has 1 rings (SSSR count). The topological polar surface area (TPSA) is 198 Å². The summed E-state index contributed by atoms with van der Waals surface area (Å²) in [6.07, 6.45) is -0.525. The molecule has 0 radical (unpaired) electrons. The molecule has 0 fully saturated rings. The molecule has 36 heavy (non-hydrogen) atoms. The summed E-state index contributed by atoms with van der Waals surface area (Å²) in [5.41, 5.74) is 11.2. The number of nitrogens with zero attached hydrogens (tertiary/aromatic N) is 1. The normalized spacial score (nSPS) is 13.1. The third kappa shape index (κ3) is 11.1. The lowest BCUT2D eigenvalue weighted by molar-refractivity contribution is -0.133. The molecule has 0 aromatic heterocycles. The van der Waals surface area contributed by atoms with Crippen molar-refractivity contribution in [3.63, 3.8) is 0 Å². The van der Waals surface area contributed by atoms with Gasteiger partial charge in [0.05, 0.1) is 12.6 Å². The molecule has 0 bridgehead atoms. The van der Waals surface area contributed by atoms with Gasteiger partial charge in [-0.25, -0.2) is 9.18 Å². The summed E-state index contributed by atoms with van der Waals surface area (Å²) < 4.78 is 18.1. The molecule has 3 atom stereocenters. The predicted molar refractivity (Wildman–Crippen MR) is 130 cm³/mol. The quantitative estimate of drug-likeness (QED) is 0.103. The Morgan fingerprint density at radius 1 is 1.03 bits per heavy atom. The summed E-state index contributed by atoms with van der Waals surface area (Å²) in [6.45, 7) is 1.38. The Balaban J connectivity index is 2.73. The summed E-state index contributed by atoms with van der Waals surface area (Å²) in [5.74, 6) is -3.06. The number of Topliss-reactive ketones (excluding diaryl/α,β-unsaturated/α-hetero) is 1. The van der Waals surface area contributed by atoms with Crippen molar-refractivity contribution in [3.05, 3.63) is 35.9 Å². The van der Waals surface area contributed by atoms with Crippen LogP contribution in [0.1, 0.15) is 32.3 Å². The lowest BCUT2D eigenvalue weighted by atomic mass is 10.0. The van der Waals surface area contributed by atoms with Crippen LogP contribution in [0.3, 0.4) is 0 Å². The standard InChI is InChI=1S/C23H35FN6O6/c1-14(2)19(30-23(35)36-13-15-7-4-3-5-8-15)21(34)29-17(12-31)20(33)28-16(18(32)11-24)9-6-10-27-22(25)26/h3-5,7-8,14,16-17,19,31H,6,9-13H2,1-2H3,(H,28,33)(H,29,34)(H,30,35)(H4,25,26,27). The minimum Gasteiger partial charge on any atom is -0.445 e. The fraction of sp³-hybridized carbons (Fsp3) is 0.522. The second-order valence-corrected chi connectivity index (χ2v) is 8.28. The molecule has 0 saturated heterocycles. The van der Waals surface area contributed by atoms with E-state index < -0.39 is 61.0 Å². The Morgan fingerprint density at radius 2 is 1.67 bits per heavy atom. The molecule has 8 N–H and O–H groups in total. The zero-order valence-corrected chi connectivity index (χ0v) is 20.4. The van der Waals surface area contributed by atoms with Crippen molar-refractivity contribution in [1.29, 1.82) is 0 Å². The van der Waals surface area contributed by atoms with Crippen molar-refractivity contribution >= 4 is 29.7 Å². The van der Waals surface area contributed by atoms with Crippen LogP contribution in [-0.4, -0.2) is 72.7 Å². The number of ether oxygens (including phenoxy) is 1. The molecule has 0 spiro atoms. The number of benzene rings is 1. The van der Waals surface area contributed by atoms with E-state index in [9.17, 15) is 28.7 Å². The Labute approximate surface area is 209 Å². The van der Waals surface area contributed by atoms with E-state index in [-0.39, 0.29) is 32.0 Å². The van der Waals surface area contributed by atoms with Crippen LogP contribution in [0, 0.1) is 5.92 Å². The highest BCUT2D eigenvalue weighted by atomic mass is 19.1. The first kappa shape index (κ1) is 30.3. The largest absolute Gasteiger partial charge is 0.445 e. The number of hydrogen-bond acceptors (Lipinski definition) is 7. The zero-order chi connectivity index (χ0) is 27.1. The Bertz CT molecular complexity index is 894. The van der Waals surface area contributed by atoms with Gasteiger partial charge >= 0.3 is 6.09 Å². The van der Waals surface area contributed by atoms with E-state index >= 15 is 0 Å². The fourth-order valence-corrected chi connectivity index (χ4v) is 3.06. The number of rotatable bonds is 15. The smallest absolute Gasteiger partial charge is 0.408 e. The molecule has 0 aliphatic heterocycles. The number of alkyl carbamates (subject to hydrolysis) is 1. The third-order valence-corrected chi connectivity index (χ3v) is 5.03. The second-order valence-electron chi connectivity index (χ2n) is 8.28. The molecular weight excluding hydrogens is 475 g/mol. The predicted octanol–water partition coefficient (Wildman–Crippen LogP) is -0.508. The van der Waals surface area contributed by atoms with Gasteiger partial charge in [0.1, 0.15) is 25.4 Å². The first-order valence-corrected chi connectivity index (χ1v) is 11.4. The number of amides is 3. The number of aliphatic hydroxyl groups is 1. The number of aliphatic hydroxyl groups excluding tert-OH is 1. The maximum atomic E-state index is 13.0. The summed E-state index contributed by atoms with van der Waals surface area (Å²) in [6, 6.07) is 5.20. The van der Waals surface area contributed by atoms with E-state index in [1.54, 1.807) is 38.1 Å². The van der Waals surface area contributed by atoms with Gasteiger partial charge in [-0.1, -0.05) is 44.2 Å². The summed E-state index contributed by atoms with van der Waals surface area (Å²) in [4.78, 5) is 53.3. The molecule has 200 valence electrons. The number of alkyl halides is 1. The molecule has 13 heteroatoms. The summed E-state index contributed by atoms with van der Waals surface area (Å²) in [7, 11) is 0. The van der Waals surface area contributed by atoms with E-state index in [0.29, 0.717) is 0 Å². The van der Waals surface area contributed by atoms with Crippen LogP contribution in [-0.2, 0) is 25.7 Å². The van der Waals surface area contributed by atoms with Crippen molar-refractivity contribution < 1.29 is 33.4 Å². The zero-order valence-electron chi connectivity index (χ0n) is 20.4. The van der Waals surface area contributed by atoms with Gasteiger partial charge in [0.25, 0.3) is 0 Å². The van der Waals surface area contributed by atoms with Gasteiger partial charge in [-0.15, -0.1) is 0 Å². The van der Waals surface area contributed by atoms with Crippen molar-refractivity contribution in [1.82, 2.24) is 16.0 Å². The number of guanidine groups is 1. The molecule has 3 unspecified atom stereocenters. The van der Waals surface area contributed by atoms with Crippen molar-refractivity contribution in [3.8, 4) is 0 Å². The number of halogens is 1. The van der Waals surface area contributed by atoms with E-state index in [2.05, 4.69) is 20.9 Å². The van der Waals surface area contributed by atoms with Crippen LogP contribution in [0.5, 0.6) is 0 Å². The number of ketones is 1. The van der Waals surface area contributed by atoms with Gasteiger partial charge in [0, 0.05) is 6.54 Å². The minimum atomic E-state index is -1.45. The molecule has 0 aliphatic rings. The molecule has 1 aromatic rings. The SMILES string of the molecule is CC(C)C(NC(=O)OCc1ccccc1)C(=O)NC(CO)C(=O)NC(CCCN=C(N)N)C(=O)CF. The average Bonchev–Trinajstić information content (AvgIpc) is 2.85. The summed E-state index contributed by atoms with van der Waals surface area (Å²) >= 11 is 0. The highest BCUT2D eigenvalue weighted by molar-refractivity contribution is 5.94. The van der Waals surface area contributed by atoms with Crippen molar-refractivity contribution in [2.45, 2.75) is 51.4 Å². The highest BCUT2D eigenvalue weighted by Crippen LogP contribution is 2.06. The first-order valence-electron chi connectivity index (χ1n) is 11.4. The van der Waals surface area contributed by atoms with Crippen molar-refractivity contribution in [2.24, 2.45) is 22.4 Å². The maximum Gasteiger partial charge on any atom is 0.408 e. The lowest BCUT2D eigenvalue weighted by Crippen LogP contribution is -2.58. The number of hydrogen-bond donors (Lipinski definition) is 6. The van der Waals surface area contributed by atoms with Gasteiger partial charge in [0.2, 0.25) is 11.8 Å². The van der Waals surface area contributed by atoms with Gasteiger partial charge in [-0.2, -0.15) is 0 Å². The van der Waals surface area contributed by atoms with Crippen LogP contribution >= 0.6 is 0 Å². The van der Waals surface area contributed by atoms with Gasteiger partial charge < -0.3 is 37.3 Å². The number of carbonyl (C=O) groups is 4. The first-order chi connectivity index (χ1) is 17.1. The number of aliphatic imine (C=N–C) groups is 1. The lowest BCUT2D eigenvalue weighted by Gasteiger charge is -2.25. The molecule has 0 heterocycles. The average molecular weight is 511 g/mol. The third-order valence-electron chi connectivity index (χ3n) is 5.03. The van der Waals surface area contributed by atoms with Crippen LogP contribution in [0.25, 0.3) is 0 Å². The number of nitrogens with two attached hydrogens (primary N) is 2. The molecule has 3 amide bonds. The minimum absolute atomic E-state index is 0.00600. The molecule has 1 aromatic carbocycles. The fourth-order valence-electron chi connectivity index (χ4n) is 3.06. The van der Waals surface area contributed by atoms with E-state index in [0.717, 1.165) is 5.56 Å². The summed E-state index contributed by atoms with van der Waals surface area (Å²) in [5, 5.41) is 16.8. The Hall–Kier alpha value is -3.74. The second kappa shape index (κ2) is 16.0. The van der Waals surface area contributed by atoms with Gasteiger partial charge in [-0.05, 0) is 24.3 Å². The van der Waals surface area contributed by atoms with Crippen LogP contribution in [0.15, 0.2) is 35.3 Å². The highest BCUT2D eigenvalue weighted by Gasteiger charge is 2.30. The Morgan fingerprint density at radius 3 is 2.22 bits per heavy atom. The van der Waals surface area contributed by atoms with E-state index in [4.69, 9.17) is 16.2 Å². The molecular formula is C23H35FN6O6. The van der Waals surface area contributed by atoms with E-state index in [1.165, 1.54) is 0 Å².